The second kappa shape index (κ2) is 11.2. The lowest BCUT2D eigenvalue weighted by molar-refractivity contribution is -0.126. The average Bonchev–Trinajstić information content (AvgIpc) is 2.54. The number of nitrogens with two attached hydrogens (primary N) is 1. The number of nitrogens with zero attached hydrogens (tertiary/aromatic N) is 2. The van der Waals surface area contributed by atoms with Crippen molar-refractivity contribution in [3.8, 4) is 0 Å². The van der Waals surface area contributed by atoms with E-state index in [-0.39, 0.29) is 48.6 Å². The third kappa shape index (κ3) is 6.63. The quantitative estimate of drug-likeness (QED) is 0.817. The zero-order valence-electron chi connectivity index (χ0n) is 13.8. The van der Waals surface area contributed by atoms with Gasteiger partial charge in [0, 0.05) is 43.6 Å². The van der Waals surface area contributed by atoms with E-state index in [0.717, 1.165) is 19.3 Å². The number of hydrogen-bond acceptors (Lipinski definition) is 4. The van der Waals surface area contributed by atoms with Gasteiger partial charge in [-0.3, -0.25) is 14.6 Å². The van der Waals surface area contributed by atoms with Crippen LogP contribution in [-0.2, 0) is 4.79 Å². The van der Waals surface area contributed by atoms with Crippen molar-refractivity contribution in [2.75, 3.05) is 19.6 Å². The molecule has 2 heterocycles. The van der Waals surface area contributed by atoms with Gasteiger partial charge in [-0.2, -0.15) is 0 Å². The van der Waals surface area contributed by atoms with E-state index in [0.29, 0.717) is 25.2 Å². The molecular weight excluding hydrogens is 351 g/mol. The van der Waals surface area contributed by atoms with Gasteiger partial charge in [-0.15, -0.1) is 24.8 Å². The molecule has 1 aliphatic rings. The van der Waals surface area contributed by atoms with E-state index >= 15 is 0 Å². The number of amides is 2. The van der Waals surface area contributed by atoms with Crippen LogP contribution in [0, 0.1) is 5.92 Å². The van der Waals surface area contributed by atoms with E-state index < -0.39 is 0 Å². The van der Waals surface area contributed by atoms with E-state index in [1.54, 1.807) is 29.4 Å². The Morgan fingerprint density at radius 1 is 1.38 bits per heavy atom. The molecule has 3 N–H and O–H groups in total. The molecule has 0 aromatic carbocycles. The van der Waals surface area contributed by atoms with Crippen molar-refractivity contribution >= 4 is 36.6 Å². The summed E-state index contributed by atoms with van der Waals surface area (Å²) in [5.41, 5.74) is 6.29. The lowest BCUT2D eigenvalue weighted by Gasteiger charge is -2.32. The highest BCUT2D eigenvalue weighted by molar-refractivity contribution is 5.94. The van der Waals surface area contributed by atoms with Crippen molar-refractivity contribution in [3.63, 3.8) is 0 Å². The minimum atomic E-state index is -0.132. The molecule has 0 spiro atoms. The van der Waals surface area contributed by atoms with E-state index in [1.807, 2.05) is 6.92 Å². The first-order valence-corrected chi connectivity index (χ1v) is 7.80. The summed E-state index contributed by atoms with van der Waals surface area (Å²) in [6.07, 6.45) is 5.65. The summed E-state index contributed by atoms with van der Waals surface area (Å²) >= 11 is 0. The molecular formula is C16H26Cl2N4O2. The van der Waals surface area contributed by atoms with Crippen molar-refractivity contribution in [1.29, 1.82) is 0 Å². The Morgan fingerprint density at radius 2 is 2.04 bits per heavy atom. The normalized spacial score (nSPS) is 17.9. The number of piperidine rings is 1. The molecule has 136 valence electrons. The average molecular weight is 377 g/mol. The lowest BCUT2D eigenvalue weighted by atomic mass is 9.96. The van der Waals surface area contributed by atoms with E-state index in [4.69, 9.17) is 5.73 Å². The Bertz CT molecular complexity index is 514. The zero-order valence-corrected chi connectivity index (χ0v) is 15.4. The van der Waals surface area contributed by atoms with Crippen LogP contribution < -0.4 is 11.1 Å². The summed E-state index contributed by atoms with van der Waals surface area (Å²) in [7, 11) is 0. The molecule has 2 rings (SSSR count). The minimum absolute atomic E-state index is 0. The summed E-state index contributed by atoms with van der Waals surface area (Å²) < 4.78 is 0. The Labute approximate surface area is 155 Å². The fourth-order valence-corrected chi connectivity index (χ4v) is 2.62. The Kier molecular flexibility index (Phi) is 10.6. The number of likely N-dealkylation sites (tertiary alicyclic amines) is 1. The summed E-state index contributed by atoms with van der Waals surface area (Å²) in [5.74, 6) is -0.143. The van der Waals surface area contributed by atoms with E-state index in [9.17, 15) is 9.59 Å². The first-order valence-electron chi connectivity index (χ1n) is 7.80. The Morgan fingerprint density at radius 3 is 2.67 bits per heavy atom. The predicted molar refractivity (Wildman–Crippen MR) is 98.6 cm³/mol. The lowest BCUT2D eigenvalue weighted by Crippen LogP contribution is -2.45. The fourth-order valence-electron chi connectivity index (χ4n) is 2.62. The van der Waals surface area contributed by atoms with Gasteiger partial charge in [0.15, 0.2) is 0 Å². The molecule has 8 heteroatoms. The van der Waals surface area contributed by atoms with E-state index in [2.05, 4.69) is 10.3 Å². The molecule has 1 aromatic rings. The van der Waals surface area contributed by atoms with Crippen molar-refractivity contribution in [1.82, 2.24) is 15.2 Å². The summed E-state index contributed by atoms with van der Waals surface area (Å²) in [6, 6.07) is 3.49. The number of nitrogens with one attached hydrogen (secondary N) is 1. The van der Waals surface area contributed by atoms with Crippen LogP contribution in [0.3, 0.4) is 0 Å². The molecule has 1 fully saturated rings. The summed E-state index contributed by atoms with van der Waals surface area (Å²) in [4.78, 5) is 30.3. The monoisotopic (exact) mass is 376 g/mol. The molecule has 0 bridgehead atoms. The number of pyridine rings is 1. The van der Waals surface area contributed by atoms with Crippen LogP contribution in [0.1, 0.15) is 36.5 Å². The summed E-state index contributed by atoms with van der Waals surface area (Å²) in [5, 5.41) is 2.92. The van der Waals surface area contributed by atoms with Crippen molar-refractivity contribution in [2.45, 2.75) is 32.2 Å². The topological polar surface area (TPSA) is 88.3 Å². The van der Waals surface area contributed by atoms with Gasteiger partial charge < -0.3 is 16.0 Å². The van der Waals surface area contributed by atoms with Gasteiger partial charge in [0.05, 0.1) is 5.92 Å². The number of halogens is 2. The van der Waals surface area contributed by atoms with Crippen molar-refractivity contribution < 1.29 is 9.59 Å². The number of hydrogen-bond donors (Lipinski definition) is 2. The first-order chi connectivity index (χ1) is 10.6. The molecule has 1 aromatic heterocycles. The molecule has 24 heavy (non-hydrogen) atoms. The molecule has 0 saturated carbocycles. The molecule has 1 aliphatic heterocycles. The van der Waals surface area contributed by atoms with Gasteiger partial charge in [-0.05, 0) is 38.3 Å². The van der Waals surface area contributed by atoms with Gasteiger partial charge in [0.25, 0.3) is 5.91 Å². The maximum Gasteiger partial charge on any atom is 0.253 e. The van der Waals surface area contributed by atoms with E-state index in [1.165, 1.54) is 0 Å². The predicted octanol–water partition coefficient (Wildman–Crippen LogP) is 1.63. The maximum absolute atomic E-state index is 12.4. The van der Waals surface area contributed by atoms with Gasteiger partial charge >= 0.3 is 0 Å². The first kappa shape index (κ1) is 22.6. The fraction of sp³-hybridized carbons (Fsp3) is 0.562. The van der Waals surface area contributed by atoms with Crippen LogP contribution in [0.5, 0.6) is 0 Å². The highest BCUT2D eigenvalue weighted by Crippen LogP contribution is 2.18. The van der Waals surface area contributed by atoms with Crippen LogP contribution in [0.2, 0.25) is 0 Å². The van der Waals surface area contributed by atoms with Gasteiger partial charge in [0.2, 0.25) is 5.91 Å². The number of carbonyl (C=O) groups excluding carboxylic acids is 2. The molecule has 2 unspecified atom stereocenters. The largest absolute Gasteiger partial charge is 0.356 e. The third-order valence-corrected chi connectivity index (χ3v) is 3.91. The maximum atomic E-state index is 12.4. The Balaban J connectivity index is 0.00000264. The molecule has 2 amide bonds. The van der Waals surface area contributed by atoms with Crippen LogP contribution in [-0.4, -0.2) is 47.4 Å². The SMILES string of the molecule is CC(N)CCNC(=O)C1CCCN(C(=O)c2ccncc2)C1.Cl.Cl. The smallest absolute Gasteiger partial charge is 0.253 e. The molecule has 6 nitrogen and oxygen atoms in total. The third-order valence-electron chi connectivity index (χ3n) is 3.91. The van der Waals surface area contributed by atoms with Gasteiger partial charge in [0.1, 0.15) is 0 Å². The molecule has 0 aliphatic carbocycles. The second-order valence-corrected chi connectivity index (χ2v) is 5.88. The standard InChI is InChI=1S/C16H24N4O2.2ClH/c1-12(17)4-9-19-15(21)14-3-2-10-20(11-14)16(22)13-5-7-18-8-6-13;;/h5-8,12,14H,2-4,9-11,17H2,1H3,(H,19,21);2*1H. The van der Waals surface area contributed by atoms with Crippen molar-refractivity contribution in [3.05, 3.63) is 30.1 Å². The van der Waals surface area contributed by atoms with Crippen LogP contribution in [0.15, 0.2) is 24.5 Å². The Hall–Kier alpha value is -1.37. The van der Waals surface area contributed by atoms with Crippen molar-refractivity contribution in [2.24, 2.45) is 11.7 Å². The van der Waals surface area contributed by atoms with Crippen LogP contribution in [0.4, 0.5) is 0 Å². The zero-order chi connectivity index (χ0) is 15.9. The minimum Gasteiger partial charge on any atom is -0.356 e. The molecule has 0 radical (unpaired) electrons. The highest BCUT2D eigenvalue weighted by atomic mass is 35.5. The molecule has 1 saturated heterocycles. The highest BCUT2D eigenvalue weighted by Gasteiger charge is 2.28. The number of rotatable bonds is 5. The second-order valence-electron chi connectivity index (χ2n) is 5.88. The van der Waals surface area contributed by atoms with Crippen LogP contribution >= 0.6 is 24.8 Å². The summed E-state index contributed by atoms with van der Waals surface area (Å²) in [6.45, 7) is 3.68. The van der Waals surface area contributed by atoms with Crippen LogP contribution in [0.25, 0.3) is 0 Å². The molecule has 2 atom stereocenters. The van der Waals surface area contributed by atoms with Gasteiger partial charge in [-0.1, -0.05) is 0 Å². The van der Waals surface area contributed by atoms with Gasteiger partial charge in [-0.25, -0.2) is 0 Å². The number of aromatic nitrogens is 1. The number of carbonyl (C=O) groups is 2.